The molecule has 1 aliphatic carbocycles. The molecule has 1 aliphatic rings. The monoisotopic (exact) mass is 261 g/mol. The van der Waals surface area contributed by atoms with Gasteiger partial charge in [-0.15, -0.1) is 0 Å². The number of nitrogens with one attached hydrogen (secondary N) is 1. The summed E-state index contributed by atoms with van der Waals surface area (Å²) < 4.78 is 0. The maximum absolute atomic E-state index is 10.1. The van der Waals surface area contributed by atoms with E-state index in [1.165, 1.54) is 18.4 Å². The van der Waals surface area contributed by atoms with Crippen LogP contribution in [-0.2, 0) is 6.42 Å². The predicted octanol–water partition coefficient (Wildman–Crippen LogP) is 3.00. The molecule has 1 aromatic carbocycles. The normalized spacial score (nSPS) is 19.2. The summed E-state index contributed by atoms with van der Waals surface area (Å²) in [4.78, 5) is 0. The van der Waals surface area contributed by atoms with Crippen LogP contribution in [0.5, 0.6) is 0 Å². The standard InChI is InChI=1S/C17H27NO/c1-17(2,3)16(19)12-18-15(14-9-10-14)11-13-7-5-4-6-8-13/h4-8,14-16,18-19H,9-12H2,1-3H3. The Hall–Kier alpha value is -0.860. The van der Waals surface area contributed by atoms with Gasteiger partial charge in [0.15, 0.2) is 0 Å². The molecule has 1 saturated carbocycles. The first kappa shape index (κ1) is 14.5. The first-order valence-corrected chi connectivity index (χ1v) is 7.42. The zero-order valence-corrected chi connectivity index (χ0v) is 12.4. The molecular weight excluding hydrogens is 234 g/mol. The highest BCUT2D eigenvalue weighted by Gasteiger charge is 2.32. The van der Waals surface area contributed by atoms with E-state index in [0.717, 1.165) is 12.3 Å². The van der Waals surface area contributed by atoms with Gasteiger partial charge in [0, 0.05) is 12.6 Å². The molecule has 1 aromatic rings. The number of benzene rings is 1. The molecule has 106 valence electrons. The third kappa shape index (κ3) is 4.63. The molecule has 2 rings (SSSR count). The summed E-state index contributed by atoms with van der Waals surface area (Å²) >= 11 is 0. The van der Waals surface area contributed by atoms with Crippen molar-refractivity contribution in [3.05, 3.63) is 35.9 Å². The van der Waals surface area contributed by atoms with Gasteiger partial charge in [-0.25, -0.2) is 0 Å². The van der Waals surface area contributed by atoms with Crippen LogP contribution in [0.2, 0.25) is 0 Å². The van der Waals surface area contributed by atoms with Crippen molar-refractivity contribution in [3.8, 4) is 0 Å². The van der Waals surface area contributed by atoms with Crippen molar-refractivity contribution in [2.24, 2.45) is 11.3 Å². The Labute approximate surface area is 117 Å². The van der Waals surface area contributed by atoms with Gasteiger partial charge in [0.05, 0.1) is 6.10 Å². The van der Waals surface area contributed by atoms with Gasteiger partial charge < -0.3 is 10.4 Å². The smallest absolute Gasteiger partial charge is 0.0712 e. The highest BCUT2D eigenvalue weighted by molar-refractivity contribution is 5.16. The number of aliphatic hydroxyl groups excluding tert-OH is 1. The minimum absolute atomic E-state index is 0.0478. The molecule has 0 amide bonds. The topological polar surface area (TPSA) is 32.3 Å². The molecule has 0 saturated heterocycles. The van der Waals surface area contributed by atoms with E-state index in [2.05, 4.69) is 56.4 Å². The lowest BCUT2D eigenvalue weighted by Crippen LogP contribution is -2.43. The van der Waals surface area contributed by atoms with Crippen LogP contribution in [0.25, 0.3) is 0 Å². The highest BCUT2D eigenvalue weighted by Crippen LogP contribution is 2.34. The quantitative estimate of drug-likeness (QED) is 0.825. The lowest BCUT2D eigenvalue weighted by atomic mass is 9.89. The molecule has 2 unspecified atom stereocenters. The lowest BCUT2D eigenvalue weighted by molar-refractivity contribution is 0.0597. The molecule has 2 N–H and O–H groups in total. The van der Waals surface area contributed by atoms with Crippen LogP contribution in [0.15, 0.2) is 30.3 Å². The third-order valence-electron chi connectivity index (χ3n) is 4.06. The van der Waals surface area contributed by atoms with Crippen LogP contribution in [0.4, 0.5) is 0 Å². The van der Waals surface area contributed by atoms with Crippen LogP contribution in [-0.4, -0.2) is 23.8 Å². The number of aliphatic hydroxyl groups is 1. The summed E-state index contributed by atoms with van der Waals surface area (Å²) in [5.41, 5.74) is 1.34. The van der Waals surface area contributed by atoms with Gasteiger partial charge in [-0.3, -0.25) is 0 Å². The van der Waals surface area contributed by atoms with Crippen molar-refractivity contribution < 1.29 is 5.11 Å². The number of hydrogen-bond acceptors (Lipinski definition) is 2. The van der Waals surface area contributed by atoms with Crippen molar-refractivity contribution in [3.63, 3.8) is 0 Å². The lowest BCUT2D eigenvalue weighted by Gasteiger charge is -2.28. The summed E-state index contributed by atoms with van der Waals surface area (Å²) in [6.07, 6.45) is 3.44. The summed E-state index contributed by atoms with van der Waals surface area (Å²) in [6.45, 7) is 6.95. The third-order valence-corrected chi connectivity index (χ3v) is 4.06. The molecule has 0 spiro atoms. The SMILES string of the molecule is CC(C)(C)C(O)CNC(Cc1ccccc1)C1CC1. The van der Waals surface area contributed by atoms with Gasteiger partial charge in [0.1, 0.15) is 0 Å². The van der Waals surface area contributed by atoms with E-state index in [4.69, 9.17) is 0 Å². The van der Waals surface area contributed by atoms with Crippen LogP contribution in [0, 0.1) is 11.3 Å². The minimum Gasteiger partial charge on any atom is -0.391 e. The minimum atomic E-state index is -0.287. The average Bonchev–Trinajstić information content (AvgIpc) is 3.18. The summed E-state index contributed by atoms with van der Waals surface area (Å²) in [7, 11) is 0. The van der Waals surface area contributed by atoms with Crippen LogP contribution in [0.1, 0.15) is 39.2 Å². The fourth-order valence-corrected chi connectivity index (χ4v) is 2.34. The van der Waals surface area contributed by atoms with Crippen molar-refractivity contribution in [2.45, 2.75) is 52.2 Å². The zero-order chi connectivity index (χ0) is 13.9. The van der Waals surface area contributed by atoms with Gasteiger partial charge in [0.2, 0.25) is 0 Å². The Bertz CT molecular complexity index is 378. The number of hydrogen-bond donors (Lipinski definition) is 2. The first-order chi connectivity index (χ1) is 8.97. The fourth-order valence-electron chi connectivity index (χ4n) is 2.34. The first-order valence-electron chi connectivity index (χ1n) is 7.42. The molecule has 0 aliphatic heterocycles. The molecule has 0 aromatic heterocycles. The second-order valence-electron chi connectivity index (χ2n) is 6.92. The Morgan fingerprint density at radius 2 is 1.84 bits per heavy atom. The summed E-state index contributed by atoms with van der Waals surface area (Å²) in [5, 5.41) is 13.7. The second-order valence-corrected chi connectivity index (χ2v) is 6.92. The van der Waals surface area contributed by atoms with E-state index >= 15 is 0 Å². The van der Waals surface area contributed by atoms with Crippen LogP contribution < -0.4 is 5.32 Å². The van der Waals surface area contributed by atoms with E-state index in [1.807, 2.05) is 0 Å². The maximum atomic E-state index is 10.1. The van der Waals surface area contributed by atoms with E-state index < -0.39 is 0 Å². The largest absolute Gasteiger partial charge is 0.391 e. The van der Waals surface area contributed by atoms with Crippen LogP contribution >= 0.6 is 0 Å². The summed E-state index contributed by atoms with van der Waals surface area (Å²) in [6, 6.07) is 11.2. The molecule has 2 heteroatoms. The van der Waals surface area contributed by atoms with Crippen molar-refractivity contribution >= 4 is 0 Å². The van der Waals surface area contributed by atoms with Gasteiger partial charge in [0.25, 0.3) is 0 Å². The molecule has 0 radical (unpaired) electrons. The van der Waals surface area contributed by atoms with Crippen molar-refractivity contribution in [1.82, 2.24) is 5.32 Å². The Kier molecular flexibility index (Phi) is 4.64. The van der Waals surface area contributed by atoms with E-state index in [9.17, 15) is 5.11 Å². The van der Waals surface area contributed by atoms with Crippen molar-refractivity contribution in [2.75, 3.05) is 6.54 Å². The van der Waals surface area contributed by atoms with E-state index in [-0.39, 0.29) is 11.5 Å². The van der Waals surface area contributed by atoms with Crippen molar-refractivity contribution in [1.29, 1.82) is 0 Å². The van der Waals surface area contributed by atoms with Gasteiger partial charge in [-0.05, 0) is 36.2 Å². The van der Waals surface area contributed by atoms with E-state index in [0.29, 0.717) is 12.6 Å². The molecule has 19 heavy (non-hydrogen) atoms. The zero-order valence-electron chi connectivity index (χ0n) is 12.4. The van der Waals surface area contributed by atoms with Gasteiger partial charge >= 0.3 is 0 Å². The van der Waals surface area contributed by atoms with E-state index in [1.54, 1.807) is 0 Å². The fraction of sp³-hybridized carbons (Fsp3) is 0.647. The Morgan fingerprint density at radius 3 is 2.37 bits per heavy atom. The predicted molar refractivity (Wildman–Crippen MR) is 80.1 cm³/mol. The second kappa shape index (κ2) is 6.06. The molecule has 1 fully saturated rings. The molecule has 2 nitrogen and oxygen atoms in total. The van der Waals surface area contributed by atoms with Gasteiger partial charge in [-0.2, -0.15) is 0 Å². The Morgan fingerprint density at radius 1 is 1.21 bits per heavy atom. The summed E-state index contributed by atoms with van der Waals surface area (Å²) in [5.74, 6) is 0.798. The maximum Gasteiger partial charge on any atom is 0.0712 e. The molecule has 2 atom stereocenters. The number of rotatable bonds is 6. The highest BCUT2D eigenvalue weighted by atomic mass is 16.3. The molecule has 0 heterocycles. The Balaban J connectivity index is 1.87. The molecular formula is C17H27NO. The molecule has 0 bridgehead atoms. The average molecular weight is 261 g/mol. The van der Waals surface area contributed by atoms with Gasteiger partial charge in [-0.1, -0.05) is 51.1 Å². The van der Waals surface area contributed by atoms with Crippen LogP contribution in [0.3, 0.4) is 0 Å².